The van der Waals surface area contributed by atoms with Crippen LogP contribution in [0.3, 0.4) is 0 Å². The number of hydrogen-bond acceptors (Lipinski definition) is 4. The Bertz CT molecular complexity index is 1200. The monoisotopic (exact) mass is 474 g/mol. The van der Waals surface area contributed by atoms with E-state index >= 15 is 0 Å². The van der Waals surface area contributed by atoms with Gasteiger partial charge in [-0.3, -0.25) is 14.2 Å². The number of aryl methyl sites for hydroxylation is 1. The van der Waals surface area contributed by atoms with Gasteiger partial charge in [-0.05, 0) is 74.4 Å². The second-order valence-electron chi connectivity index (χ2n) is 9.29. The molecule has 0 bridgehead atoms. The van der Waals surface area contributed by atoms with Crippen LogP contribution in [0, 0.1) is 13.8 Å². The average Bonchev–Trinajstić information content (AvgIpc) is 3.77. The molecule has 1 aromatic heterocycles. The lowest BCUT2D eigenvalue weighted by Gasteiger charge is -2.22. The summed E-state index contributed by atoms with van der Waals surface area (Å²) in [6.45, 7) is 4.78. The van der Waals surface area contributed by atoms with E-state index in [1.807, 2.05) is 41.4 Å². The Morgan fingerprint density at radius 3 is 2.56 bits per heavy atom. The Hall–Kier alpha value is -3.06. The Balaban J connectivity index is 1.23. The minimum absolute atomic E-state index is 0.0140. The largest absolute Gasteiger partial charge is 0.349 e. The van der Waals surface area contributed by atoms with E-state index in [1.54, 1.807) is 6.20 Å². The molecule has 2 aromatic carbocycles. The predicted octanol–water partition coefficient (Wildman–Crippen LogP) is 4.66. The number of thioether (sulfide) groups is 1. The molecule has 0 aliphatic heterocycles. The quantitative estimate of drug-likeness (QED) is 0.458. The number of aromatic nitrogens is 2. The SMILES string of the molecule is Cc1cccc(-n2ccnc2SCC(=O)N(Cc2ccc(C(=O)NC3CC3)cc2)C2CC2)c1C. The van der Waals surface area contributed by atoms with Crippen molar-refractivity contribution in [2.45, 2.75) is 63.3 Å². The number of nitrogens with zero attached hydrogens (tertiary/aromatic N) is 3. The van der Waals surface area contributed by atoms with E-state index in [-0.39, 0.29) is 11.8 Å². The number of rotatable bonds is 9. The number of imidazole rings is 1. The molecule has 2 aliphatic rings. The highest BCUT2D eigenvalue weighted by molar-refractivity contribution is 7.99. The third-order valence-corrected chi connectivity index (χ3v) is 7.51. The van der Waals surface area contributed by atoms with Gasteiger partial charge >= 0.3 is 0 Å². The molecular formula is C27H30N4O2S. The van der Waals surface area contributed by atoms with Crippen molar-refractivity contribution in [3.8, 4) is 5.69 Å². The standard InChI is InChI=1S/C27H30N4O2S/c1-18-4-3-5-24(19(18)2)30-15-14-28-27(30)34-17-25(32)31(23-12-13-23)16-20-6-8-21(9-7-20)26(33)29-22-10-11-22/h3-9,14-15,22-23H,10-13,16-17H2,1-2H3,(H,29,33). The molecule has 34 heavy (non-hydrogen) atoms. The summed E-state index contributed by atoms with van der Waals surface area (Å²) in [5.74, 6) is 0.457. The van der Waals surface area contributed by atoms with E-state index in [2.05, 4.69) is 40.8 Å². The van der Waals surface area contributed by atoms with Gasteiger partial charge in [-0.25, -0.2) is 4.98 Å². The minimum atomic E-state index is -0.0140. The Morgan fingerprint density at radius 2 is 1.85 bits per heavy atom. The summed E-state index contributed by atoms with van der Waals surface area (Å²) in [7, 11) is 0. The fraction of sp³-hybridized carbons (Fsp3) is 0.370. The van der Waals surface area contributed by atoms with Crippen molar-refractivity contribution in [3.05, 3.63) is 77.1 Å². The molecule has 0 unspecified atom stereocenters. The van der Waals surface area contributed by atoms with Gasteiger partial charge in [-0.15, -0.1) is 0 Å². The van der Waals surface area contributed by atoms with Crippen molar-refractivity contribution in [1.29, 1.82) is 0 Å². The average molecular weight is 475 g/mol. The summed E-state index contributed by atoms with van der Waals surface area (Å²) in [5.41, 5.74) is 5.26. The van der Waals surface area contributed by atoms with Gasteiger partial charge in [0.25, 0.3) is 5.91 Å². The van der Waals surface area contributed by atoms with Crippen molar-refractivity contribution in [2.24, 2.45) is 0 Å². The lowest BCUT2D eigenvalue weighted by atomic mass is 10.1. The smallest absolute Gasteiger partial charge is 0.251 e. The van der Waals surface area contributed by atoms with E-state index in [1.165, 1.54) is 22.9 Å². The summed E-state index contributed by atoms with van der Waals surface area (Å²) in [6.07, 6.45) is 7.99. The van der Waals surface area contributed by atoms with E-state index in [0.29, 0.717) is 29.9 Å². The van der Waals surface area contributed by atoms with Crippen molar-refractivity contribution in [2.75, 3.05) is 5.75 Å². The van der Waals surface area contributed by atoms with Gasteiger partial charge in [0.15, 0.2) is 5.16 Å². The third kappa shape index (κ3) is 5.20. The normalized spacial score (nSPS) is 15.2. The van der Waals surface area contributed by atoms with Gasteiger partial charge in [-0.2, -0.15) is 0 Å². The van der Waals surface area contributed by atoms with E-state index in [0.717, 1.165) is 42.1 Å². The van der Waals surface area contributed by atoms with Gasteiger partial charge in [0.05, 0.1) is 11.4 Å². The van der Waals surface area contributed by atoms with Crippen LogP contribution in [0.1, 0.15) is 52.7 Å². The molecule has 0 saturated heterocycles. The molecule has 176 valence electrons. The highest BCUT2D eigenvalue weighted by Crippen LogP contribution is 2.30. The molecule has 3 aromatic rings. The zero-order chi connectivity index (χ0) is 23.7. The Morgan fingerprint density at radius 1 is 1.09 bits per heavy atom. The van der Waals surface area contributed by atoms with Gasteiger partial charge in [0.1, 0.15) is 0 Å². The second kappa shape index (κ2) is 9.66. The number of nitrogens with one attached hydrogen (secondary N) is 1. The first kappa shape index (κ1) is 22.7. The van der Waals surface area contributed by atoms with Gasteiger partial charge < -0.3 is 10.2 Å². The van der Waals surface area contributed by atoms with Crippen LogP contribution in [-0.4, -0.2) is 44.1 Å². The molecule has 7 heteroatoms. The molecule has 1 heterocycles. The zero-order valence-corrected chi connectivity index (χ0v) is 20.5. The van der Waals surface area contributed by atoms with E-state index < -0.39 is 0 Å². The minimum Gasteiger partial charge on any atom is -0.349 e. The van der Waals surface area contributed by atoms with E-state index in [4.69, 9.17) is 0 Å². The molecular weight excluding hydrogens is 444 g/mol. The number of hydrogen-bond donors (Lipinski definition) is 1. The summed E-state index contributed by atoms with van der Waals surface area (Å²) in [6, 6.07) is 14.5. The van der Waals surface area contributed by atoms with Gasteiger partial charge in [-0.1, -0.05) is 36.0 Å². The summed E-state index contributed by atoms with van der Waals surface area (Å²) in [4.78, 5) is 31.9. The maximum absolute atomic E-state index is 13.2. The molecule has 0 radical (unpaired) electrons. The zero-order valence-electron chi connectivity index (χ0n) is 19.7. The molecule has 1 N–H and O–H groups in total. The number of carbonyl (C=O) groups is 2. The highest BCUT2D eigenvalue weighted by Gasteiger charge is 2.32. The highest BCUT2D eigenvalue weighted by atomic mass is 32.2. The first-order valence-electron chi connectivity index (χ1n) is 11.9. The third-order valence-electron chi connectivity index (χ3n) is 6.56. The number of amides is 2. The molecule has 2 amide bonds. The molecule has 2 aliphatic carbocycles. The molecule has 2 fully saturated rings. The maximum atomic E-state index is 13.2. The van der Waals surface area contributed by atoms with Crippen molar-refractivity contribution < 1.29 is 9.59 Å². The lowest BCUT2D eigenvalue weighted by Crippen LogP contribution is -2.34. The van der Waals surface area contributed by atoms with Gasteiger partial charge in [0.2, 0.25) is 5.91 Å². The van der Waals surface area contributed by atoms with Crippen LogP contribution < -0.4 is 5.32 Å². The maximum Gasteiger partial charge on any atom is 0.251 e. The van der Waals surface area contributed by atoms with Crippen molar-refractivity contribution in [1.82, 2.24) is 19.8 Å². The van der Waals surface area contributed by atoms with Crippen LogP contribution in [0.25, 0.3) is 5.69 Å². The molecule has 5 rings (SSSR count). The molecule has 6 nitrogen and oxygen atoms in total. The topological polar surface area (TPSA) is 67.2 Å². The molecule has 0 spiro atoms. The Kier molecular flexibility index (Phi) is 6.46. The summed E-state index contributed by atoms with van der Waals surface area (Å²) >= 11 is 1.48. The van der Waals surface area contributed by atoms with Crippen molar-refractivity contribution >= 4 is 23.6 Å². The van der Waals surface area contributed by atoms with E-state index in [9.17, 15) is 9.59 Å². The second-order valence-corrected chi connectivity index (χ2v) is 10.2. The van der Waals surface area contributed by atoms with Crippen molar-refractivity contribution in [3.63, 3.8) is 0 Å². The fourth-order valence-corrected chi connectivity index (χ4v) is 4.90. The Labute approximate surface area is 204 Å². The lowest BCUT2D eigenvalue weighted by molar-refractivity contribution is -0.129. The van der Waals surface area contributed by atoms with Crippen LogP contribution in [0.4, 0.5) is 0 Å². The predicted molar refractivity (Wildman–Crippen MR) is 134 cm³/mol. The molecule has 0 atom stereocenters. The summed E-state index contributed by atoms with van der Waals surface area (Å²) < 4.78 is 2.06. The first-order chi connectivity index (χ1) is 16.5. The summed E-state index contributed by atoms with van der Waals surface area (Å²) in [5, 5.41) is 3.84. The van der Waals surface area contributed by atoms with Gasteiger partial charge in [0, 0.05) is 36.6 Å². The molecule has 2 saturated carbocycles. The van der Waals surface area contributed by atoms with Crippen LogP contribution in [-0.2, 0) is 11.3 Å². The van der Waals surface area contributed by atoms with Crippen LogP contribution in [0.2, 0.25) is 0 Å². The van der Waals surface area contributed by atoms with Crippen LogP contribution in [0.15, 0.2) is 60.0 Å². The van der Waals surface area contributed by atoms with Crippen LogP contribution >= 0.6 is 11.8 Å². The number of carbonyl (C=O) groups excluding carboxylic acids is 2. The van der Waals surface area contributed by atoms with Crippen LogP contribution in [0.5, 0.6) is 0 Å². The first-order valence-corrected chi connectivity index (χ1v) is 12.9. The number of benzene rings is 2. The fourth-order valence-electron chi connectivity index (χ4n) is 4.05.